The summed E-state index contributed by atoms with van der Waals surface area (Å²) in [6, 6.07) is 15.8. The molecule has 3 rings (SSSR count). The SMILES string of the molecule is CCc1ccc(NC(=O)CSc2nnnn2-c2ccc(C)cc2)cc1. The lowest BCUT2D eigenvalue weighted by atomic mass is 10.1. The van der Waals surface area contributed by atoms with Crippen LogP contribution in [0.25, 0.3) is 5.69 Å². The van der Waals surface area contributed by atoms with E-state index in [1.54, 1.807) is 4.68 Å². The number of nitrogens with one attached hydrogen (secondary N) is 1. The highest BCUT2D eigenvalue weighted by Gasteiger charge is 2.11. The van der Waals surface area contributed by atoms with Gasteiger partial charge in [-0.15, -0.1) is 5.10 Å². The van der Waals surface area contributed by atoms with Crippen LogP contribution in [0.5, 0.6) is 0 Å². The number of carbonyl (C=O) groups is 1. The van der Waals surface area contributed by atoms with E-state index < -0.39 is 0 Å². The number of carbonyl (C=O) groups excluding carboxylic acids is 1. The molecule has 0 aliphatic heterocycles. The quantitative estimate of drug-likeness (QED) is 0.689. The first-order valence-electron chi connectivity index (χ1n) is 8.02. The maximum Gasteiger partial charge on any atom is 0.234 e. The molecule has 0 aliphatic carbocycles. The number of aromatic nitrogens is 4. The first kappa shape index (κ1) is 17.2. The molecule has 1 heterocycles. The van der Waals surface area contributed by atoms with Crippen LogP contribution in [0.2, 0.25) is 0 Å². The van der Waals surface area contributed by atoms with Crippen molar-refractivity contribution in [3.05, 3.63) is 59.7 Å². The van der Waals surface area contributed by atoms with Crippen LogP contribution in [-0.4, -0.2) is 31.9 Å². The van der Waals surface area contributed by atoms with Gasteiger partial charge in [-0.05, 0) is 53.6 Å². The van der Waals surface area contributed by atoms with Gasteiger partial charge in [0.1, 0.15) is 0 Å². The number of hydrogen-bond acceptors (Lipinski definition) is 5. The molecule has 2 aromatic carbocycles. The number of anilines is 1. The summed E-state index contributed by atoms with van der Waals surface area (Å²) in [5.74, 6) is 0.148. The van der Waals surface area contributed by atoms with Gasteiger partial charge in [-0.3, -0.25) is 4.79 Å². The molecule has 1 aromatic heterocycles. The zero-order chi connectivity index (χ0) is 17.6. The summed E-state index contributed by atoms with van der Waals surface area (Å²) in [7, 11) is 0. The van der Waals surface area contributed by atoms with E-state index >= 15 is 0 Å². The van der Waals surface area contributed by atoms with E-state index in [2.05, 4.69) is 27.8 Å². The van der Waals surface area contributed by atoms with Crippen molar-refractivity contribution in [2.75, 3.05) is 11.1 Å². The Bertz CT molecular complexity index is 843. The van der Waals surface area contributed by atoms with Gasteiger partial charge >= 0.3 is 0 Å². The lowest BCUT2D eigenvalue weighted by molar-refractivity contribution is -0.113. The minimum atomic E-state index is -0.0901. The Balaban J connectivity index is 1.61. The van der Waals surface area contributed by atoms with Gasteiger partial charge in [0, 0.05) is 5.69 Å². The highest BCUT2D eigenvalue weighted by Crippen LogP contribution is 2.19. The minimum absolute atomic E-state index is 0.0901. The number of rotatable bonds is 6. The monoisotopic (exact) mass is 353 g/mol. The average Bonchev–Trinajstić information content (AvgIpc) is 3.10. The zero-order valence-corrected chi connectivity index (χ0v) is 15.0. The molecule has 0 radical (unpaired) electrons. The Kier molecular flexibility index (Phi) is 5.45. The Morgan fingerprint density at radius 2 is 1.84 bits per heavy atom. The molecule has 1 N–H and O–H groups in total. The van der Waals surface area contributed by atoms with Crippen molar-refractivity contribution in [1.29, 1.82) is 0 Å². The van der Waals surface area contributed by atoms with Gasteiger partial charge in [-0.25, -0.2) is 0 Å². The maximum atomic E-state index is 12.1. The van der Waals surface area contributed by atoms with E-state index in [-0.39, 0.29) is 11.7 Å². The molecule has 0 atom stereocenters. The Hall–Kier alpha value is -2.67. The zero-order valence-electron chi connectivity index (χ0n) is 14.1. The van der Waals surface area contributed by atoms with Crippen LogP contribution in [-0.2, 0) is 11.2 Å². The van der Waals surface area contributed by atoms with Gasteiger partial charge in [0.15, 0.2) is 0 Å². The number of benzene rings is 2. The molecule has 1 amide bonds. The first-order valence-corrected chi connectivity index (χ1v) is 9.01. The second-order valence-electron chi connectivity index (χ2n) is 5.60. The van der Waals surface area contributed by atoms with Crippen molar-refractivity contribution in [3.8, 4) is 5.69 Å². The van der Waals surface area contributed by atoms with E-state index in [9.17, 15) is 4.79 Å². The first-order chi connectivity index (χ1) is 12.2. The molecule has 25 heavy (non-hydrogen) atoms. The molecular weight excluding hydrogens is 334 g/mol. The van der Waals surface area contributed by atoms with Gasteiger partial charge in [0.25, 0.3) is 0 Å². The van der Waals surface area contributed by atoms with E-state index in [0.717, 1.165) is 17.8 Å². The largest absolute Gasteiger partial charge is 0.325 e. The lowest BCUT2D eigenvalue weighted by Crippen LogP contribution is -2.14. The molecule has 0 fully saturated rings. The molecule has 0 saturated heterocycles. The third-order valence-corrected chi connectivity index (χ3v) is 4.62. The summed E-state index contributed by atoms with van der Waals surface area (Å²) in [5, 5.41) is 15.2. The topological polar surface area (TPSA) is 72.7 Å². The van der Waals surface area contributed by atoms with Crippen molar-refractivity contribution in [2.45, 2.75) is 25.4 Å². The second-order valence-corrected chi connectivity index (χ2v) is 6.54. The number of hydrogen-bond donors (Lipinski definition) is 1. The van der Waals surface area contributed by atoms with Crippen molar-refractivity contribution < 1.29 is 4.79 Å². The number of amides is 1. The highest BCUT2D eigenvalue weighted by molar-refractivity contribution is 7.99. The van der Waals surface area contributed by atoms with Crippen molar-refractivity contribution >= 4 is 23.4 Å². The normalized spacial score (nSPS) is 10.6. The highest BCUT2D eigenvalue weighted by atomic mass is 32.2. The molecule has 0 aliphatic rings. The summed E-state index contributed by atoms with van der Waals surface area (Å²) in [6.45, 7) is 4.12. The molecule has 0 bridgehead atoms. The molecule has 128 valence electrons. The van der Waals surface area contributed by atoms with Crippen LogP contribution >= 0.6 is 11.8 Å². The Morgan fingerprint density at radius 1 is 1.12 bits per heavy atom. The molecule has 3 aromatic rings. The van der Waals surface area contributed by atoms with Crippen LogP contribution in [0.15, 0.2) is 53.7 Å². The van der Waals surface area contributed by atoms with Gasteiger partial charge in [-0.1, -0.05) is 48.5 Å². The van der Waals surface area contributed by atoms with Gasteiger partial charge in [0.05, 0.1) is 11.4 Å². The van der Waals surface area contributed by atoms with E-state index in [0.29, 0.717) is 5.16 Å². The van der Waals surface area contributed by atoms with Gasteiger partial charge in [-0.2, -0.15) is 4.68 Å². The van der Waals surface area contributed by atoms with Crippen molar-refractivity contribution in [2.24, 2.45) is 0 Å². The molecule has 0 saturated carbocycles. The fourth-order valence-corrected chi connectivity index (χ4v) is 2.96. The fraction of sp³-hybridized carbons (Fsp3) is 0.222. The predicted octanol–water partition coefficient (Wildman–Crippen LogP) is 3.26. The van der Waals surface area contributed by atoms with Crippen LogP contribution in [0.3, 0.4) is 0 Å². The summed E-state index contributed by atoms with van der Waals surface area (Å²) in [4.78, 5) is 12.1. The number of nitrogens with zero attached hydrogens (tertiary/aromatic N) is 4. The molecule has 0 unspecified atom stereocenters. The third-order valence-electron chi connectivity index (χ3n) is 3.70. The van der Waals surface area contributed by atoms with Crippen LogP contribution in [0.4, 0.5) is 5.69 Å². The number of aryl methyl sites for hydroxylation is 2. The summed E-state index contributed by atoms with van der Waals surface area (Å²) in [6.07, 6.45) is 0.978. The maximum absolute atomic E-state index is 12.1. The van der Waals surface area contributed by atoms with E-state index in [1.165, 1.54) is 22.9 Å². The molecule has 0 spiro atoms. The fourth-order valence-electron chi connectivity index (χ4n) is 2.27. The second kappa shape index (κ2) is 7.94. The predicted molar refractivity (Wildman–Crippen MR) is 99.1 cm³/mol. The standard InChI is InChI=1S/C18H19N5OS/c1-3-14-6-8-15(9-7-14)19-17(24)12-25-18-20-21-22-23(18)16-10-4-13(2)5-11-16/h4-11H,3,12H2,1-2H3,(H,19,24). The average molecular weight is 353 g/mol. The Morgan fingerprint density at radius 3 is 2.52 bits per heavy atom. The minimum Gasteiger partial charge on any atom is -0.325 e. The van der Waals surface area contributed by atoms with Crippen molar-refractivity contribution in [1.82, 2.24) is 20.2 Å². The van der Waals surface area contributed by atoms with E-state index in [4.69, 9.17) is 0 Å². The Labute approximate surface area is 150 Å². The summed E-state index contributed by atoms with van der Waals surface area (Å²) < 4.78 is 1.63. The summed E-state index contributed by atoms with van der Waals surface area (Å²) >= 11 is 1.30. The van der Waals surface area contributed by atoms with E-state index in [1.807, 2.05) is 55.5 Å². The molecule has 7 heteroatoms. The number of tetrazole rings is 1. The lowest BCUT2D eigenvalue weighted by Gasteiger charge is -2.06. The summed E-state index contributed by atoms with van der Waals surface area (Å²) in [5.41, 5.74) is 4.07. The van der Waals surface area contributed by atoms with Crippen LogP contribution in [0, 0.1) is 6.92 Å². The van der Waals surface area contributed by atoms with Crippen molar-refractivity contribution in [3.63, 3.8) is 0 Å². The number of thioether (sulfide) groups is 1. The van der Waals surface area contributed by atoms with Crippen LogP contribution in [0.1, 0.15) is 18.1 Å². The molecular formula is C18H19N5OS. The van der Waals surface area contributed by atoms with Gasteiger partial charge in [0.2, 0.25) is 11.1 Å². The smallest absolute Gasteiger partial charge is 0.234 e. The van der Waals surface area contributed by atoms with Crippen LogP contribution < -0.4 is 5.32 Å². The molecule has 6 nitrogen and oxygen atoms in total. The van der Waals surface area contributed by atoms with Gasteiger partial charge < -0.3 is 5.32 Å². The third kappa shape index (κ3) is 4.45.